The largest absolute Gasteiger partial charge is 0.462 e. The van der Waals surface area contributed by atoms with Crippen LogP contribution in [0.2, 0.25) is 0 Å². The quantitative estimate of drug-likeness (QED) is 0.284. The summed E-state index contributed by atoms with van der Waals surface area (Å²) in [6.45, 7) is 6.10. The molecule has 2 heterocycles. The highest BCUT2D eigenvalue weighted by Crippen LogP contribution is 2.80. The van der Waals surface area contributed by atoms with Gasteiger partial charge in [-0.1, -0.05) is 26.0 Å². The van der Waals surface area contributed by atoms with Gasteiger partial charge in [-0.05, 0) is 43.9 Å². The summed E-state index contributed by atoms with van der Waals surface area (Å²) in [6.07, 6.45) is -0.303. The lowest BCUT2D eigenvalue weighted by Gasteiger charge is -2.70. The van der Waals surface area contributed by atoms with E-state index in [2.05, 4.69) is 4.90 Å². The molecule has 5 saturated carbocycles. The number of fused-ring (bicyclic) bond motifs is 2. The minimum atomic E-state index is -1.82. The lowest BCUT2D eigenvalue weighted by atomic mass is 9.42. The van der Waals surface area contributed by atoms with E-state index in [9.17, 15) is 29.4 Å². The Hall–Kier alpha value is -2.94. The van der Waals surface area contributed by atoms with E-state index in [4.69, 9.17) is 23.7 Å². The number of methoxy groups -OCH3 is 3. The zero-order chi connectivity index (χ0) is 36.4. The summed E-state index contributed by atoms with van der Waals surface area (Å²) >= 11 is 0. The normalized spacial score (nSPS) is 46.4. The maximum atomic E-state index is 14.1. The molecular formula is C38H50N2O11. The van der Waals surface area contributed by atoms with Crippen molar-refractivity contribution in [2.24, 2.45) is 40.4 Å². The fourth-order valence-electron chi connectivity index (χ4n) is 13.2. The van der Waals surface area contributed by atoms with Crippen LogP contribution in [0.15, 0.2) is 24.3 Å². The number of nitrogens with zero attached hydrogens (tertiary/aromatic N) is 2. The van der Waals surface area contributed by atoms with Gasteiger partial charge in [-0.25, -0.2) is 9.69 Å². The summed E-state index contributed by atoms with van der Waals surface area (Å²) in [5.41, 5.74) is -4.72. The van der Waals surface area contributed by atoms with Crippen molar-refractivity contribution in [3.8, 4) is 0 Å². The van der Waals surface area contributed by atoms with Crippen molar-refractivity contribution in [1.82, 2.24) is 4.90 Å². The van der Waals surface area contributed by atoms with Gasteiger partial charge < -0.3 is 33.9 Å². The van der Waals surface area contributed by atoms with Gasteiger partial charge in [-0.3, -0.25) is 19.3 Å². The molecule has 0 radical (unpaired) electrons. The molecule has 1 aromatic carbocycles. The SMILES string of the molecule is CCN1C[C@]2(COC(=O)c3ccccc3N3C(=O)C[C@H](C)C3=O)CC[C@H](OC)[C@]34C5C[C@@H]6[C@@H](OC)C[C@@](O)(C5[C@H]6OC(C)=O)[C@](O)(C13)[C@@H](OC)C24. The maximum absolute atomic E-state index is 14.1. The average Bonchev–Trinajstić information content (AvgIpc) is 3.61. The summed E-state index contributed by atoms with van der Waals surface area (Å²) in [6, 6.07) is 5.95. The Morgan fingerprint density at radius 3 is 2.43 bits per heavy atom. The van der Waals surface area contributed by atoms with Gasteiger partial charge in [0.1, 0.15) is 17.3 Å². The van der Waals surface area contributed by atoms with Crippen molar-refractivity contribution in [1.29, 1.82) is 0 Å². The second-order valence-electron chi connectivity index (χ2n) is 16.3. The highest BCUT2D eigenvalue weighted by molar-refractivity contribution is 6.22. The number of anilines is 1. The molecule has 7 bridgehead atoms. The number of hydrogen-bond acceptors (Lipinski definition) is 12. The van der Waals surface area contributed by atoms with E-state index >= 15 is 0 Å². The second kappa shape index (κ2) is 11.8. The van der Waals surface area contributed by atoms with Crippen LogP contribution in [-0.4, -0.2) is 122 Å². The second-order valence-corrected chi connectivity index (χ2v) is 16.3. The van der Waals surface area contributed by atoms with E-state index in [0.717, 1.165) is 4.90 Å². The number of esters is 2. The molecule has 2 saturated heterocycles. The predicted octanol–water partition coefficient (Wildman–Crippen LogP) is 1.95. The Labute approximate surface area is 297 Å². The number of benzene rings is 1. The Kier molecular flexibility index (Phi) is 8.11. The number of carbonyl (C=O) groups excluding carboxylic acids is 4. The van der Waals surface area contributed by atoms with Crippen LogP contribution >= 0.6 is 0 Å². The standard InChI is InChI=1S/C38H50N2O11/c1-7-39-17-35(18-50-33(44)21-10-8-9-11-24(21)40-27(42)14-19(2)32(40)43)13-12-26(48-5)37-23-15-22-25(47-4)16-36(45,28(23)29(22)51-20(3)41)38(46,34(37)39)31(49-6)30(35)37/h8-11,19,22-23,25-26,28-31,34,45-46H,7,12-18H2,1-6H3/t19-,22+,23?,25-,26-,28?,29-,30?,31-,34?,35-,36+,37-,38+/m0/s1. The lowest BCUT2D eigenvalue weighted by molar-refractivity contribution is -0.319. The van der Waals surface area contributed by atoms with Crippen molar-refractivity contribution in [2.75, 3.05) is 45.9 Å². The van der Waals surface area contributed by atoms with Crippen molar-refractivity contribution in [3.05, 3.63) is 29.8 Å². The first-order valence-electron chi connectivity index (χ1n) is 18.4. The Balaban J connectivity index is 1.24. The zero-order valence-electron chi connectivity index (χ0n) is 30.2. The van der Waals surface area contributed by atoms with Crippen LogP contribution in [0.1, 0.15) is 63.2 Å². The summed E-state index contributed by atoms with van der Waals surface area (Å²) in [7, 11) is 4.85. The first-order chi connectivity index (χ1) is 24.3. The van der Waals surface area contributed by atoms with Gasteiger partial charge in [0.15, 0.2) is 0 Å². The molecule has 5 aliphatic carbocycles. The first kappa shape index (κ1) is 35.1. The Morgan fingerprint density at radius 1 is 1.06 bits per heavy atom. The molecule has 278 valence electrons. The van der Waals surface area contributed by atoms with Crippen LogP contribution in [0, 0.1) is 40.4 Å². The third kappa shape index (κ3) is 4.19. The number of imide groups is 1. The minimum Gasteiger partial charge on any atom is -0.462 e. The van der Waals surface area contributed by atoms with Gasteiger partial charge in [0.25, 0.3) is 0 Å². The zero-order valence-corrected chi connectivity index (χ0v) is 30.2. The molecule has 13 heteroatoms. The van der Waals surface area contributed by atoms with Crippen LogP contribution < -0.4 is 4.90 Å². The molecule has 13 nitrogen and oxygen atoms in total. The number of likely N-dealkylation sites (tertiary alicyclic amines) is 1. The number of ether oxygens (including phenoxy) is 5. The molecule has 2 aliphatic heterocycles. The summed E-state index contributed by atoms with van der Waals surface area (Å²) in [4.78, 5) is 55.9. The van der Waals surface area contributed by atoms with E-state index < -0.39 is 76.1 Å². The van der Waals surface area contributed by atoms with Crippen LogP contribution in [0.3, 0.4) is 0 Å². The third-order valence-corrected chi connectivity index (χ3v) is 14.6. The Morgan fingerprint density at radius 2 is 1.80 bits per heavy atom. The molecule has 2 N–H and O–H groups in total. The van der Waals surface area contributed by atoms with Crippen LogP contribution in [-0.2, 0) is 38.1 Å². The molecule has 51 heavy (non-hydrogen) atoms. The number of amides is 2. The molecular weight excluding hydrogens is 660 g/mol. The van der Waals surface area contributed by atoms with Crippen LogP contribution in [0.5, 0.6) is 0 Å². The van der Waals surface area contributed by atoms with Gasteiger partial charge in [0, 0.05) is 82.1 Å². The molecule has 7 fully saturated rings. The van der Waals surface area contributed by atoms with E-state index in [0.29, 0.717) is 32.4 Å². The fraction of sp³-hybridized carbons (Fsp3) is 0.737. The number of carbonyl (C=O) groups is 4. The third-order valence-electron chi connectivity index (χ3n) is 14.6. The van der Waals surface area contributed by atoms with Crippen LogP contribution in [0.4, 0.5) is 5.69 Å². The van der Waals surface area contributed by atoms with Crippen molar-refractivity contribution >= 4 is 29.4 Å². The average molecular weight is 711 g/mol. The smallest absolute Gasteiger partial charge is 0.340 e. The van der Waals surface area contributed by atoms with Gasteiger partial charge >= 0.3 is 11.9 Å². The maximum Gasteiger partial charge on any atom is 0.340 e. The summed E-state index contributed by atoms with van der Waals surface area (Å²) in [5.74, 6) is -3.74. The van der Waals surface area contributed by atoms with Crippen LogP contribution in [0.25, 0.3) is 0 Å². The lowest BCUT2D eigenvalue weighted by Crippen LogP contribution is -2.82. The number of likely N-dealkylation sites (N-methyl/N-ethyl adjacent to an activating group) is 1. The van der Waals surface area contributed by atoms with Gasteiger partial charge in [-0.15, -0.1) is 0 Å². The molecule has 7 aliphatic rings. The monoisotopic (exact) mass is 710 g/mol. The molecule has 14 atom stereocenters. The molecule has 0 aromatic heterocycles. The van der Waals surface area contributed by atoms with Crippen molar-refractivity contribution < 1.29 is 53.1 Å². The number of piperidine rings is 1. The number of aliphatic hydroxyl groups is 2. The van der Waals surface area contributed by atoms with Crippen molar-refractivity contribution in [3.63, 3.8) is 0 Å². The molecule has 4 unspecified atom stereocenters. The number of para-hydroxylation sites is 1. The first-order valence-corrected chi connectivity index (χ1v) is 18.4. The Bertz CT molecular complexity index is 1650. The van der Waals surface area contributed by atoms with Gasteiger partial charge in [0.05, 0.1) is 42.2 Å². The van der Waals surface area contributed by atoms with E-state index in [1.54, 1.807) is 52.5 Å². The summed E-state index contributed by atoms with van der Waals surface area (Å²) in [5, 5.41) is 26.7. The van der Waals surface area contributed by atoms with E-state index in [1.165, 1.54) is 6.92 Å². The minimum absolute atomic E-state index is 0.0201. The molecule has 1 spiro atoms. The molecule has 1 aromatic rings. The highest BCUT2D eigenvalue weighted by atomic mass is 16.6. The van der Waals surface area contributed by atoms with E-state index in [-0.39, 0.29) is 60.5 Å². The topological polar surface area (TPSA) is 161 Å². The van der Waals surface area contributed by atoms with E-state index in [1.807, 2.05) is 6.92 Å². The predicted molar refractivity (Wildman–Crippen MR) is 179 cm³/mol. The number of rotatable bonds is 9. The van der Waals surface area contributed by atoms with Gasteiger partial charge in [-0.2, -0.15) is 0 Å². The summed E-state index contributed by atoms with van der Waals surface area (Å²) < 4.78 is 31.1. The fourth-order valence-corrected chi connectivity index (χ4v) is 13.2. The molecule has 2 amide bonds. The van der Waals surface area contributed by atoms with Crippen molar-refractivity contribution in [2.45, 2.75) is 94.5 Å². The highest BCUT2D eigenvalue weighted by Gasteiger charge is 2.92. The van der Waals surface area contributed by atoms with Gasteiger partial charge in [0.2, 0.25) is 11.8 Å². The molecule has 8 rings (SSSR count). The number of hydrogen-bond donors (Lipinski definition) is 2.